The van der Waals surface area contributed by atoms with Crippen LogP contribution in [-0.2, 0) is 22.4 Å². The Morgan fingerprint density at radius 3 is 2.96 bits per heavy atom. The van der Waals surface area contributed by atoms with Crippen LogP contribution in [0.25, 0.3) is 0 Å². The zero-order valence-electron chi connectivity index (χ0n) is 14.3. The Kier molecular flexibility index (Phi) is 4.15. The highest BCUT2D eigenvalue weighted by Crippen LogP contribution is 2.29. The lowest BCUT2D eigenvalue weighted by Gasteiger charge is -2.32. The minimum Gasteiger partial charge on any atom is -0.348 e. The second-order valence-electron chi connectivity index (χ2n) is 7.61. The molecule has 0 radical (unpaired) electrons. The number of aromatic nitrogens is 3. The first-order valence-electron chi connectivity index (χ1n) is 9.07. The lowest BCUT2D eigenvalue weighted by Crippen LogP contribution is -2.37. The van der Waals surface area contributed by atoms with E-state index in [0.717, 1.165) is 39.1 Å². The standard InChI is InChI=1S/C17H28N4O2/c1-17(2)22-12-14(23-17)7-10-20-8-3-5-13(11-20)16-19-18-15-6-4-9-21(15)16/h13-14H,3-12H2,1-2H3. The molecule has 0 bridgehead atoms. The molecule has 128 valence electrons. The minimum atomic E-state index is -0.406. The van der Waals surface area contributed by atoms with Gasteiger partial charge in [0.2, 0.25) is 0 Å². The average Bonchev–Trinajstić information content (AvgIpc) is 3.20. The molecule has 0 N–H and O–H groups in total. The molecule has 3 aliphatic heterocycles. The topological polar surface area (TPSA) is 52.4 Å². The van der Waals surface area contributed by atoms with Crippen LogP contribution in [0.4, 0.5) is 0 Å². The Balaban J connectivity index is 1.32. The van der Waals surface area contributed by atoms with Crippen molar-refractivity contribution >= 4 is 0 Å². The van der Waals surface area contributed by atoms with Gasteiger partial charge in [0, 0.05) is 32.0 Å². The molecule has 2 saturated heterocycles. The van der Waals surface area contributed by atoms with Crippen LogP contribution in [0.3, 0.4) is 0 Å². The van der Waals surface area contributed by atoms with E-state index in [-0.39, 0.29) is 6.10 Å². The molecular formula is C17H28N4O2. The minimum absolute atomic E-state index is 0.239. The summed E-state index contributed by atoms with van der Waals surface area (Å²) in [5, 5.41) is 8.87. The number of piperidine rings is 1. The van der Waals surface area contributed by atoms with Crippen LogP contribution in [0.1, 0.15) is 57.1 Å². The van der Waals surface area contributed by atoms with Crippen molar-refractivity contribution in [3.63, 3.8) is 0 Å². The second-order valence-corrected chi connectivity index (χ2v) is 7.61. The molecule has 1 aromatic rings. The molecular weight excluding hydrogens is 292 g/mol. The fourth-order valence-electron chi connectivity index (χ4n) is 4.18. The number of hydrogen-bond donors (Lipinski definition) is 0. The number of nitrogens with zero attached hydrogens (tertiary/aromatic N) is 4. The summed E-state index contributed by atoms with van der Waals surface area (Å²) >= 11 is 0. The SMILES string of the molecule is CC1(C)OCC(CCN2CCCC(c3nnc4n3CCC4)C2)O1. The third kappa shape index (κ3) is 3.30. The van der Waals surface area contributed by atoms with Crippen molar-refractivity contribution in [1.29, 1.82) is 0 Å². The van der Waals surface area contributed by atoms with Gasteiger partial charge in [0.1, 0.15) is 11.6 Å². The van der Waals surface area contributed by atoms with Crippen molar-refractivity contribution < 1.29 is 9.47 Å². The molecule has 1 aromatic heterocycles. The van der Waals surface area contributed by atoms with E-state index in [4.69, 9.17) is 9.47 Å². The van der Waals surface area contributed by atoms with E-state index in [9.17, 15) is 0 Å². The van der Waals surface area contributed by atoms with E-state index in [1.165, 1.54) is 37.5 Å². The molecule has 0 aromatic carbocycles. The number of fused-ring (bicyclic) bond motifs is 1. The molecule has 2 fully saturated rings. The van der Waals surface area contributed by atoms with Gasteiger partial charge in [0.25, 0.3) is 0 Å². The summed E-state index contributed by atoms with van der Waals surface area (Å²) in [6.45, 7) is 9.20. The van der Waals surface area contributed by atoms with Crippen LogP contribution < -0.4 is 0 Å². The quantitative estimate of drug-likeness (QED) is 0.849. The van der Waals surface area contributed by atoms with Gasteiger partial charge in [-0.2, -0.15) is 0 Å². The van der Waals surface area contributed by atoms with Crippen LogP contribution in [0.2, 0.25) is 0 Å². The van der Waals surface area contributed by atoms with E-state index < -0.39 is 5.79 Å². The smallest absolute Gasteiger partial charge is 0.163 e. The summed E-state index contributed by atoms with van der Waals surface area (Å²) in [4.78, 5) is 2.57. The van der Waals surface area contributed by atoms with Crippen molar-refractivity contribution in [1.82, 2.24) is 19.7 Å². The van der Waals surface area contributed by atoms with E-state index in [2.05, 4.69) is 19.7 Å². The molecule has 0 amide bonds. The van der Waals surface area contributed by atoms with Crippen LogP contribution in [0.15, 0.2) is 0 Å². The molecule has 4 rings (SSSR count). The first-order chi connectivity index (χ1) is 11.1. The Morgan fingerprint density at radius 2 is 2.13 bits per heavy atom. The fraction of sp³-hybridized carbons (Fsp3) is 0.882. The predicted octanol–water partition coefficient (Wildman–Crippen LogP) is 1.95. The number of rotatable bonds is 4. The Bertz CT molecular complexity index is 557. The van der Waals surface area contributed by atoms with Gasteiger partial charge < -0.3 is 18.9 Å². The molecule has 0 saturated carbocycles. The maximum Gasteiger partial charge on any atom is 0.163 e. The Hall–Kier alpha value is -0.980. The molecule has 6 heteroatoms. The van der Waals surface area contributed by atoms with Crippen LogP contribution >= 0.6 is 0 Å². The van der Waals surface area contributed by atoms with Crippen LogP contribution in [0.5, 0.6) is 0 Å². The average molecular weight is 320 g/mol. The van der Waals surface area contributed by atoms with Gasteiger partial charge in [-0.15, -0.1) is 10.2 Å². The summed E-state index contributed by atoms with van der Waals surface area (Å²) in [5.41, 5.74) is 0. The number of hydrogen-bond acceptors (Lipinski definition) is 5. The molecule has 3 aliphatic rings. The van der Waals surface area contributed by atoms with Crippen molar-refractivity contribution in [3.05, 3.63) is 11.6 Å². The highest BCUT2D eigenvalue weighted by molar-refractivity contribution is 5.07. The number of likely N-dealkylation sites (tertiary alicyclic amines) is 1. The van der Waals surface area contributed by atoms with E-state index in [1.807, 2.05) is 13.8 Å². The molecule has 6 nitrogen and oxygen atoms in total. The van der Waals surface area contributed by atoms with Gasteiger partial charge >= 0.3 is 0 Å². The largest absolute Gasteiger partial charge is 0.348 e. The van der Waals surface area contributed by atoms with Gasteiger partial charge in [0.05, 0.1) is 12.7 Å². The molecule has 23 heavy (non-hydrogen) atoms. The van der Waals surface area contributed by atoms with Crippen molar-refractivity contribution in [3.8, 4) is 0 Å². The molecule has 2 unspecified atom stereocenters. The van der Waals surface area contributed by atoms with Crippen molar-refractivity contribution in [2.24, 2.45) is 0 Å². The zero-order valence-corrected chi connectivity index (χ0v) is 14.3. The molecule has 0 spiro atoms. The van der Waals surface area contributed by atoms with Crippen LogP contribution in [-0.4, -0.2) is 57.8 Å². The van der Waals surface area contributed by atoms with Crippen molar-refractivity contribution in [2.75, 3.05) is 26.2 Å². The number of aryl methyl sites for hydroxylation is 1. The maximum absolute atomic E-state index is 5.92. The third-order valence-electron chi connectivity index (χ3n) is 5.34. The molecule has 0 aliphatic carbocycles. The van der Waals surface area contributed by atoms with Gasteiger partial charge in [-0.25, -0.2) is 0 Å². The molecule has 2 atom stereocenters. The Labute approximate surface area is 138 Å². The summed E-state index contributed by atoms with van der Waals surface area (Å²) in [7, 11) is 0. The van der Waals surface area contributed by atoms with E-state index in [1.54, 1.807) is 0 Å². The summed E-state index contributed by atoms with van der Waals surface area (Å²) in [6, 6.07) is 0. The van der Waals surface area contributed by atoms with Crippen LogP contribution in [0, 0.1) is 0 Å². The second kappa shape index (κ2) is 6.15. The monoisotopic (exact) mass is 320 g/mol. The normalized spacial score (nSPS) is 30.7. The lowest BCUT2D eigenvalue weighted by atomic mass is 9.97. The summed E-state index contributed by atoms with van der Waals surface area (Å²) in [5.74, 6) is 2.55. The highest BCUT2D eigenvalue weighted by atomic mass is 16.7. The first kappa shape index (κ1) is 15.5. The van der Waals surface area contributed by atoms with Gasteiger partial charge in [-0.1, -0.05) is 0 Å². The third-order valence-corrected chi connectivity index (χ3v) is 5.34. The van der Waals surface area contributed by atoms with Gasteiger partial charge in [0.15, 0.2) is 5.79 Å². The molecule has 4 heterocycles. The Morgan fingerprint density at radius 1 is 1.22 bits per heavy atom. The summed E-state index contributed by atoms with van der Waals surface area (Å²) < 4.78 is 14.0. The van der Waals surface area contributed by atoms with Crippen molar-refractivity contribution in [2.45, 2.75) is 70.3 Å². The van der Waals surface area contributed by atoms with E-state index >= 15 is 0 Å². The first-order valence-corrected chi connectivity index (χ1v) is 9.07. The number of ether oxygens (including phenoxy) is 2. The highest BCUT2D eigenvalue weighted by Gasteiger charge is 2.33. The fourth-order valence-corrected chi connectivity index (χ4v) is 4.18. The van der Waals surface area contributed by atoms with E-state index in [0.29, 0.717) is 5.92 Å². The van der Waals surface area contributed by atoms with Gasteiger partial charge in [-0.3, -0.25) is 0 Å². The maximum atomic E-state index is 5.92. The summed E-state index contributed by atoms with van der Waals surface area (Å²) in [6.07, 6.45) is 6.10. The lowest BCUT2D eigenvalue weighted by molar-refractivity contribution is -0.139. The predicted molar refractivity (Wildman–Crippen MR) is 86.3 cm³/mol. The van der Waals surface area contributed by atoms with Gasteiger partial charge in [-0.05, 0) is 46.1 Å². The zero-order chi connectivity index (χ0) is 15.9.